The molecule has 0 radical (unpaired) electrons. The second kappa shape index (κ2) is 3.82. The highest BCUT2D eigenvalue weighted by Crippen LogP contribution is 2.36. The highest BCUT2D eigenvalue weighted by Gasteiger charge is 2.52. The second-order valence-corrected chi connectivity index (χ2v) is 5.72. The molecule has 17 heavy (non-hydrogen) atoms. The van der Waals surface area contributed by atoms with E-state index in [0.717, 1.165) is 16.7 Å². The Labute approximate surface area is 104 Å². The smallest absolute Gasteiger partial charge is 0.399 e. The van der Waals surface area contributed by atoms with Crippen LogP contribution in [0.15, 0.2) is 12.3 Å². The average Bonchev–Trinajstić information content (AvgIpc) is 2.35. The third-order valence-corrected chi connectivity index (χ3v) is 3.90. The summed E-state index contributed by atoms with van der Waals surface area (Å²) in [5, 5.41) is 0. The number of aryl methyl sites for hydroxylation is 2. The van der Waals surface area contributed by atoms with Gasteiger partial charge in [0.25, 0.3) is 0 Å². The van der Waals surface area contributed by atoms with E-state index in [1.165, 1.54) is 0 Å². The van der Waals surface area contributed by atoms with Gasteiger partial charge < -0.3 is 9.31 Å². The fourth-order valence-corrected chi connectivity index (χ4v) is 2.02. The van der Waals surface area contributed by atoms with Gasteiger partial charge in [0.1, 0.15) is 0 Å². The van der Waals surface area contributed by atoms with Gasteiger partial charge in [-0.2, -0.15) is 0 Å². The molecule has 2 heterocycles. The van der Waals surface area contributed by atoms with Crippen LogP contribution in [0.4, 0.5) is 0 Å². The van der Waals surface area contributed by atoms with Gasteiger partial charge >= 0.3 is 7.12 Å². The predicted molar refractivity (Wildman–Crippen MR) is 69.4 cm³/mol. The Kier molecular flexibility index (Phi) is 2.83. The molecule has 0 amide bonds. The number of hydrogen-bond acceptors (Lipinski definition) is 3. The summed E-state index contributed by atoms with van der Waals surface area (Å²) in [6, 6.07) is 1.99. The minimum absolute atomic E-state index is 0.299. The van der Waals surface area contributed by atoms with E-state index in [2.05, 4.69) is 39.6 Å². The molecule has 0 N–H and O–H groups in total. The first-order valence-electron chi connectivity index (χ1n) is 6.02. The maximum absolute atomic E-state index is 6.05. The van der Waals surface area contributed by atoms with Crippen molar-refractivity contribution in [1.29, 1.82) is 0 Å². The Bertz CT molecular complexity index is 407. The summed E-state index contributed by atoms with van der Waals surface area (Å²) in [6.45, 7) is 12.3. The number of pyridine rings is 1. The van der Waals surface area contributed by atoms with Gasteiger partial charge in [-0.3, -0.25) is 4.98 Å². The minimum Gasteiger partial charge on any atom is -0.399 e. The van der Waals surface area contributed by atoms with Gasteiger partial charge in [0.05, 0.1) is 11.2 Å². The van der Waals surface area contributed by atoms with Gasteiger partial charge in [-0.25, -0.2) is 0 Å². The zero-order chi connectivity index (χ0) is 12.8. The molecule has 92 valence electrons. The van der Waals surface area contributed by atoms with Crippen LogP contribution in [0.3, 0.4) is 0 Å². The lowest BCUT2D eigenvalue weighted by Crippen LogP contribution is -2.41. The van der Waals surface area contributed by atoms with Crippen molar-refractivity contribution in [3.05, 3.63) is 23.5 Å². The fraction of sp³-hybridized carbons (Fsp3) is 0.615. The summed E-state index contributed by atoms with van der Waals surface area (Å²) in [7, 11) is -0.311. The van der Waals surface area contributed by atoms with Crippen molar-refractivity contribution in [2.45, 2.75) is 52.7 Å². The molecule has 2 rings (SSSR count). The molecule has 0 unspecified atom stereocenters. The Morgan fingerprint density at radius 2 is 1.59 bits per heavy atom. The molecule has 0 atom stereocenters. The van der Waals surface area contributed by atoms with E-state index in [1.54, 1.807) is 0 Å². The molecule has 0 spiro atoms. The molecule has 1 aromatic heterocycles. The molecule has 1 aliphatic rings. The first kappa shape index (κ1) is 12.6. The minimum atomic E-state index is -0.311. The number of aromatic nitrogens is 1. The van der Waals surface area contributed by atoms with Crippen LogP contribution in [-0.2, 0) is 9.31 Å². The third-order valence-electron chi connectivity index (χ3n) is 3.90. The quantitative estimate of drug-likeness (QED) is 0.695. The summed E-state index contributed by atoms with van der Waals surface area (Å²) < 4.78 is 12.1. The van der Waals surface area contributed by atoms with Crippen molar-refractivity contribution in [3.8, 4) is 0 Å². The van der Waals surface area contributed by atoms with Crippen molar-refractivity contribution in [3.63, 3.8) is 0 Å². The standard InChI is InChI=1S/C13H20BNO2/c1-9-7-8-15-10(2)11(9)14-16-12(3,4)13(5,6)17-14/h7-8H,1-6H3. The SMILES string of the molecule is Cc1ccnc(C)c1B1OC(C)(C)C(C)(C)O1. The van der Waals surface area contributed by atoms with Gasteiger partial charge in [0.15, 0.2) is 0 Å². The predicted octanol–water partition coefficient (Wildman–Crippen LogP) is 2.00. The van der Waals surface area contributed by atoms with Crippen molar-refractivity contribution in [1.82, 2.24) is 4.98 Å². The van der Waals surface area contributed by atoms with Crippen LogP contribution in [0.25, 0.3) is 0 Å². The summed E-state index contributed by atoms with van der Waals surface area (Å²) in [5.41, 5.74) is 2.60. The van der Waals surface area contributed by atoms with Crippen LogP contribution in [0, 0.1) is 13.8 Å². The topological polar surface area (TPSA) is 31.4 Å². The summed E-state index contributed by atoms with van der Waals surface area (Å²) in [4.78, 5) is 4.32. The molecule has 0 bridgehead atoms. The number of rotatable bonds is 1. The van der Waals surface area contributed by atoms with Crippen LogP contribution in [0.5, 0.6) is 0 Å². The third kappa shape index (κ3) is 2.00. The van der Waals surface area contributed by atoms with Crippen LogP contribution >= 0.6 is 0 Å². The van der Waals surface area contributed by atoms with Gasteiger partial charge in [-0.05, 0) is 53.2 Å². The molecule has 0 aromatic carbocycles. The fourth-order valence-electron chi connectivity index (χ4n) is 2.02. The summed E-state index contributed by atoms with van der Waals surface area (Å²) in [6.07, 6.45) is 1.82. The van der Waals surface area contributed by atoms with Crippen molar-refractivity contribution in [2.75, 3.05) is 0 Å². The van der Waals surface area contributed by atoms with Gasteiger partial charge in [0, 0.05) is 17.4 Å². The molecular weight excluding hydrogens is 213 g/mol. The van der Waals surface area contributed by atoms with Gasteiger partial charge in [-0.15, -0.1) is 0 Å². The Morgan fingerprint density at radius 1 is 1.06 bits per heavy atom. The first-order valence-corrected chi connectivity index (χ1v) is 6.02. The molecule has 0 aliphatic carbocycles. The van der Waals surface area contributed by atoms with Crippen LogP contribution in [0.1, 0.15) is 39.0 Å². The van der Waals surface area contributed by atoms with Crippen LogP contribution in [0.2, 0.25) is 0 Å². The lowest BCUT2D eigenvalue weighted by atomic mass is 9.75. The van der Waals surface area contributed by atoms with E-state index in [0.29, 0.717) is 0 Å². The maximum Gasteiger partial charge on any atom is 0.496 e. The Balaban J connectivity index is 2.39. The second-order valence-electron chi connectivity index (χ2n) is 5.72. The maximum atomic E-state index is 6.05. The van der Waals surface area contributed by atoms with Crippen molar-refractivity contribution < 1.29 is 9.31 Å². The van der Waals surface area contributed by atoms with E-state index in [4.69, 9.17) is 9.31 Å². The van der Waals surface area contributed by atoms with Crippen LogP contribution < -0.4 is 5.46 Å². The highest BCUT2D eigenvalue weighted by atomic mass is 16.7. The lowest BCUT2D eigenvalue weighted by Gasteiger charge is -2.32. The Morgan fingerprint density at radius 3 is 2.06 bits per heavy atom. The van der Waals surface area contributed by atoms with Crippen LogP contribution in [-0.4, -0.2) is 23.3 Å². The van der Waals surface area contributed by atoms with Gasteiger partial charge in [0.2, 0.25) is 0 Å². The molecule has 4 heteroatoms. The lowest BCUT2D eigenvalue weighted by molar-refractivity contribution is 0.00578. The molecule has 1 fully saturated rings. The number of nitrogens with zero attached hydrogens (tertiary/aromatic N) is 1. The van der Waals surface area contributed by atoms with Crippen molar-refractivity contribution >= 4 is 12.6 Å². The Hall–Kier alpha value is -0.865. The molecular formula is C13H20BNO2. The average molecular weight is 233 g/mol. The van der Waals surface area contributed by atoms with E-state index in [9.17, 15) is 0 Å². The van der Waals surface area contributed by atoms with E-state index >= 15 is 0 Å². The molecule has 1 aromatic rings. The summed E-state index contributed by atoms with van der Waals surface area (Å²) in [5.74, 6) is 0. The molecule has 0 saturated carbocycles. The first-order chi connectivity index (χ1) is 7.74. The monoisotopic (exact) mass is 233 g/mol. The van der Waals surface area contributed by atoms with Crippen molar-refractivity contribution in [2.24, 2.45) is 0 Å². The van der Waals surface area contributed by atoms with E-state index in [1.807, 2.05) is 19.2 Å². The normalized spacial score (nSPS) is 21.9. The highest BCUT2D eigenvalue weighted by molar-refractivity contribution is 6.63. The summed E-state index contributed by atoms with van der Waals surface area (Å²) >= 11 is 0. The number of hydrogen-bond donors (Lipinski definition) is 0. The van der Waals surface area contributed by atoms with Gasteiger partial charge in [-0.1, -0.05) is 0 Å². The zero-order valence-electron chi connectivity index (χ0n) is 11.5. The zero-order valence-corrected chi connectivity index (χ0v) is 11.5. The van der Waals surface area contributed by atoms with E-state index < -0.39 is 0 Å². The largest absolute Gasteiger partial charge is 0.496 e. The molecule has 1 saturated heterocycles. The van der Waals surface area contributed by atoms with E-state index in [-0.39, 0.29) is 18.3 Å². The molecule has 1 aliphatic heterocycles. The molecule has 3 nitrogen and oxygen atoms in total.